The Hall–Kier alpha value is -0.940. The second-order valence-corrected chi connectivity index (χ2v) is 6.04. The average molecular weight is 295 g/mol. The summed E-state index contributed by atoms with van der Waals surface area (Å²) >= 11 is 0. The number of hydrogen-bond acceptors (Lipinski definition) is 5. The predicted molar refractivity (Wildman–Crippen MR) is 81.9 cm³/mol. The Balaban J connectivity index is 2.10. The Labute approximate surface area is 127 Å². The van der Waals surface area contributed by atoms with Crippen molar-refractivity contribution in [2.24, 2.45) is 11.7 Å². The minimum absolute atomic E-state index is 0.391. The van der Waals surface area contributed by atoms with Crippen LogP contribution in [-0.2, 0) is 10.3 Å². The van der Waals surface area contributed by atoms with Crippen LogP contribution in [0.2, 0.25) is 0 Å². The molecule has 0 unspecified atom stereocenters. The van der Waals surface area contributed by atoms with Gasteiger partial charge >= 0.3 is 0 Å². The Morgan fingerprint density at radius 3 is 2.38 bits per heavy atom. The summed E-state index contributed by atoms with van der Waals surface area (Å²) in [6.07, 6.45) is 6.24. The molecule has 0 amide bonds. The zero-order valence-corrected chi connectivity index (χ0v) is 13.6. The lowest BCUT2D eigenvalue weighted by atomic mass is 9.82. The largest absolute Gasteiger partial charge is 0.367 e. The van der Waals surface area contributed by atoms with Crippen molar-refractivity contribution in [1.29, 1.82) is 0 Å². The highest BCUT2D eigenvalue weighted by atomic mass is 16.5. The molecule has 1 aromatic heterocycles. The van der Waals surface area contributed by atoms with Crippen LogP contribution in [0.4, 0.5) is 0 Å². The molecule has 21 heavy (non-hydrogen) atoms. The number of nitrogens with two attached hydrogens (primary N) is 1. The first-order chi connectivity index (χ1) is 10.2. The van der Waals surface area contributed by atoms with Gasteiger partial charge in [-0.05, 0) is 57.9 Å². The summed E-state index contributed by atoms with van der Waals surface area (Å²) in [6, 6.07) is 0. The normalized spacial score (nSPS) is 23.4. The molecular weight excluding hydrogens is 266 g/mol. The molecule has 1 aromatic rings. The van der Waals surface area contributed by atoms with Crippen LogP contribution < -0.4 is 5.73 Å². The van der Waals surface area contributed by atoms with Crippen LogP contribution in [-0.4, -0.2) is 23.3 Å². The summed E-state index contributed by atoms with van der Waals surface area (Å²) < 4.78 is 11.5. The SMILES string of the molecule is CCOC(CC)(CC)c1noc(C2CCC(CN)CC2)n1. The minimum atomic E-state index is -0.398. The van der Waals surface area contributed by atoms with Gasteiger partial charge in [-0.3, -0.25) is 0 Å². The van der Waals surface area contributed by atoms with Crippen molar-refractivity contribution in [2.45, 2.75) is 70.8 Å². The first kappa shape index (κ1) is 16.4. The third-order valence-corrected chi connectivity index (χ3v) is 4.94. The maximum absolute atomic E-state index is 5.95. The molecule has 2 N–H and O–H groups in total. The van der Waals surface area contributed by atoms with Crippen LogP contribution in [0.3, 0.4) is 0 Å². The van der Waals surface area contributed by atoms with Gasteiger partial charge in [0.2, 0.25) is 11.7 Å². The minimum Gasteiger partial charge on any atom is -0.367 e. The second kappa shape index (κ2) is 7.36. The standard InChI is InChI=1S/C16H29N3O2/c1-4-16(5-2,20-6-3)15-18-14(21-19-15)13-9-7-12(11-17)8-10-13/h12-13H,4-11,17H2,1-3H3. The van der Waals surface area contributed by atoms with E-state index >= 15 is 0 Å². The quantitative estimate of drug-likeness (QED) is 0.835. The number of nitrogens with zero attached hydrogens (tertiary/aromatic N) is 2. The Bertz CT molecular complexity index is 421. The molecule has 0 radical (unpaired) electrons. The van der Waals surface area contributed by atoms with E-state index in [0.717, 1.165) is 51.0 Å². The summed E-state index contributed by atoms with van der Waals surface area (Å²) in [5.41, 5.74) is 5.35. The fourth-order valence-corrected chi connectivity index (χ4v) is 3.34. The summed E-state index contributed by atoms with van der Waals surface area (Å²) in [4.78, 5) is 4.68. The molecule has 0 bridgehead atoms. The monoisotopic (exact) mass is 295 g/mol. The second-order valence-electron chi connectivity index (χ2n) is 6.04. The first-order valence-electron chi connectivity index (χ1n) is 8.37. The fraction of sp³-hybridized carbons (Fsp3) is 0.875. The lowest BCUT2D eigenvalue weighted by molar-refractivity contribution is -0.0583. The lowest BCUT2D eigenvalue weighted by Gasteiger charge is -2.28. The fourth-order valence-electron chi connectivity index (χ4n) is 3.34. The van der Waals surface area contributed by atoms with Crippen molar-refractivity contribution in [3.05, 3.63) is 11.7 Å². The molecule has 120 valence electrons. The highest BCUT2D eigenvalue weighted by Gasteiger charge is 2.36. The molecule has 0 saturated heterocycles. The van der Waals surface area contributed by atoms with Gasteiger partial charge in [-0.25, -0.2) is 0 Å². The van der Waals surface area contributed by atoms with Gasteiger partial charge in [0.05, 0.1) is 0 Å². The summed E-state index contributed by atoms with van der Waals surface area (Å²) in [5.74, 6) is 2.55. The zero-order valence-electron chi connectivity index (χ0n) is 13.6. The molecule has 1 heterocycles. The molecular formula is C16H29N3O2. The zero-order chi connectivity index (χ0) is 15.3. The van der Waals surface area contributed by atoms with E-state index in [0.29, 0.717) is 24.3 Å². The van der Waals surface area contributed by atoms with E-state index in [-0.39, 0.29) is 0 Å². The number of rotatable bonds is 7. The van der Waals surface area contributed by atoms with Gasteiger partial charge in [0.25, 0.3) is 0 Å². The molecule has 1 aliphatic carbocycles. The Morgan fingerprint density at radius 2 is 1.86 bits per heavy atom. The van der Waals surface area contributed by atoms with Gasteiger partial charge in [-0.1, -0.05) is 19.0 Å². The average Bonchev–Trinajstić information content (AvgIpc) is 3.03. The van der Waals surface area contributed by atoms with Crippen LogP contribution in [0.15, 0.2) is 4.52 Å². The van der Waals surface area contributed by atoms with E-state index in [1.165, 1.54) is 0 Å². The Kier molecular flexibility index (Phi) is 5.76. The summed E-state index contributed by atoms with van der Waals surface area (Å²) in [6.45, 7) is 7.69. The summed E-state index contributed by atoms with van der Waals surface area (Å²) in [7, 11) is 0. The molecule has 1 aliphatic rings. The van der Waals surface area contributed by atoms with Crippen LogP contribution in [0.1, 0.15) is 76.9 Å². The molecule has 1 saturated carbocycles. The molecule has 0 atom stereocenters. The molecule has 1 fully saturated rings. The maximum Gasteiger partial charge on any atom is 0.229 e. The van der Waals surface area contributed by atoms with Crippen LogP contribution >= 0.6 is 0 Å². The van der Waals surface area contributed by atoms with E-state index in [9.17, 15) is 0 Å². The third kappa shape index (κ3) is 3.46. The van der Waals surface area contributed by atoms with Crippen molar-refractivity contribution in [3.8, 4) is 0 Å². The van der Waals surface area contributed by atoms with Gasteiger partial charge in [-0.2, -0.15) is 4.98 Å². The highest BCUT2D eigenvalue weighted by Crippen LogP contribution is 2.37. The molecule has 0 spiro atoms. The van der Waals surface area contributed by atoms with E-state index in [4.69, 9.17) is 15.0 Å². The number of ether oxygens (including phenoxy) is 1. The van der Waals surface area contributed by atoms with Crippen molar-refractivity contribution >= 4 is 0 Å². The van der Waals surface area contributed by atoms with Gasteiger partial charge in [0, 0.05) is 12.5 Å². The maximum atomic E-state index is 5.95. The summed E-state index contributed by atoms with van der Waals surface area (Å²) in [5, 5.41) is 4.23. The molecule has 5 heteroatoms. The van der Waals surface area contributed by atoms with Gasteiger partial charge in [0.15, 0.2) is 0 Å². The highest BCUT2D eigenvalue weighted by molar-refractivity contribution is 5.04. The van der Waals surface area contributed by atoms with Gasteiger partial charge < -0.3 is 15.0 Å². The molecule has 0 aromatic carbocycles. The van der Waals surface area contributed by atoms with Crippen molar-refractivity contribution in [1.82, 2.24) is 10.1 Å². The third-order valence-electron chi connectivity index (χ3n) is 4.94. The topological polar surface area (TPSA) is 74.2 Å². The van der Waals surface area contributed by atoms with Crippen molar-refractivity contribution in [2.75, 3.05) is 13.2 Å². The lowest BCUT2D eigenvalue weighted by Crippen LogP contribution is -2.30. The van der Waals surface area contributed by atoms with Crippen molar-refractivity contribution < 1.29 is 9.26 Å². The van der Waals surface area contributed by atoms with Gasteiger partial charge in [-0.15, -0.1) is 0 Å². The predicted octanol–water partition coefficient (Wildman–Crippen LogP) is 3.35. The van der Waals surface area contributed by atoms with Crippen LogP contribution in [0.5, 0.6) is 0 Å². The van der Waals surface area contributed by atoms with Gasteiger partial charge in [0.1, 0.15) is 5.60 Å². The van der Waals surface area contributed by atoms with Crippen molar-refractivity contribution in [3.63, 3.8) is 0 Å². The number of hydrogen-bond donors (Lipinski definition) is 1. The Morgan fingerprint density at radius 1 is 1.19 bits per heavy atom. The molecule has 0 aliphatic heterocycles. The first-order valence-corrected chi connectivity index (χ1v) is 8.37. The van der Waals surface area contributed by atoms with E-state index in [1.807, 2.05) is 6.92 Å². The smallest absolute Gasteiger partial charge is 0.229 e. The van der Waals surface area contributed by atoms with E-state index in [2.05, 4.69) is 24.0 Å². The van der Waals surface area contributed by atoms with Crippen LogP contribution in [0, 0.1) is 5.92 Å². The van der Waals surface area contributed by atoms with E-state index < -0.39 is 5.60 Å². The molecule has 2 rings (SSSR count). The number of aromatic nitrogens is 2. The van der Waals surface area contributed by atoms with E-state index in [1.54, 1.807) is 0 Å². The molecule has 5 nitrogen and oxygen atoms in total. The van der Waals surface area contributed by atoms with Crippen LogP contribution in [0.25, 0.3) is 0 Å².